The van der Waals surface area contributed by atoms with E-state index in [2.05, 4.69) is 39.1 Å². The van der Waals surface area contributed by atoms with Crippen molar-refractivity contribution in [2.45, 2.75) is 13.5 Å². The number of hydrogen-bond acceptors (Lipinski definition) is 4. The minimum atomic E-state index is 0.0245. The Morgan fingerprint density at radius 3 is 2.21 bits per heavy atom. The largest absolute Gasteiger partial charge is 0.336 e. The molecule has 0 saturated carbocycles. The van der Waals surface area contributed by atoms with Crippen molar-refractivity contribution < 1.29 is 4.79 Å². The Hall–Kier alpha value is -3.05. The summed E-state index contributed by atoms with van der Waals surface area (Å²) in [6, 6.07) is 20.3. The van der Waals surface area contributed by atoms with Gasteiger partial charge in [-0.25, -0.2) is 9.97 Å². The first-order valence-electron chi connectivity index (χ1n) is 9.65. The number of benzene rings is 2. The van der Waals surface area contributed by atoms with Crippen LogP contribution in [0.2, 0.25) is 0 Å². The van der Waals surface area contributed by atoms with Gasteiger partial charge < -0.3 is 4.90 Å². The summed E-state index contributed by atoms with van der Waals surface area (Å²) in [5.41, 5.74) is 3.59. The molecule has 4 rings (SSSR count). The van der Waals surface area contributed by atoms with Gasteiger partial charge in [0.05, 0.1) is 11.3 Å². The van der Waals surface area contributed by atoms with E-state index >= 15 is 0 Å². The first-order valence-corrected chi connectivity index (χ1v) is 9.65. The topological polar surface area (TPSA) is 49.3 Å². The van der Waals surface area contributed by atoms with Crippen LogP contribution in [0.3, 0.4) is 0 Å². The maximum atomic E-state index is 13.0. The SMILES string of the molecule is Cc1nc(-c2ccccc2)ncc1C(=O)N1CCN(Cc2ccccc2)CC1. The normalized spacial score (nSPS) is 14.8. The van der Waals surface area contributed by atoms with Crippen LogP contribution in [-0.2, 0) is 6.54 Å². The van der Waals surface area contributed by atoms with Crippen LogP contribution >= 0.6 is 0 Å². The highest BCUT2D eigenvalue weighted by atomic mass is 16.2. The van der Waals surface area contributed by atoms with Crippen LogP contribution < -0.4 is 0 Å². The number of rotatable bonds is 4. The number of carbonyl (C=O) groups is 1. The molecule has 0 spiro atoms. The van der Waals surface area contributed by atoms with E-state index in [4.69, 9.17) is 0 Å². The summed E-state index contributed by atoms with van der Waals surface area (Å²) in [7, 11) is 0. The van der Waals surface area contributed by atoms with Crippen LogP contribution in [0.4, 0.5) is 0 Å². The van der Waals surface area contributed by atoms with Crippen molar-refractivity contribution in [1.29, 1.82) is 0 Å². The minimum Gasteiger partial charge on any atom is -0.336 e. The molecule has 2 heterocycles. The lowest BCUT2D eigenvalue weighted by atomic mass is 10.1. The third-order valence-corrected chi connectivity index (χ3v) is 5.15. The van der Waals surface area contributed by atoms with Crippen molar-refractivity contribution in [3.8, 4) is 11.4 Å². The van der Waals surface area contributed by atoms with E-state index in [1.54, 1.807) is 6.20 Å². The third-order valence-electron chi connectivity index (χ3n) is 5.15. The number of piperazine rings is 1. The Balaban J connectivity index is 1.40. The Morgan fingerprint density at radius 2 is 1.57 bits per heavy atom. The van der Waals surface area contributed by atoms with Crippen molar-refractivity contribution in [3.05, 3.63) is 83.7 Å². The predicted molar refractivity (Wildman–Crippen MR) is 110 cm³/mol. The third kappa shape index (κ3) is 4.10. The molecule has 3 aromatic rings. The smallest absolute Gasteiger partial charge is 0.257 e. The van der Waals surface area contributed by atoms with Gasteiger partial charge in [-0.1, -0.05) is 60.7 Å². The van der Waals surface area contributed by atoms with E-state index in [9.17, 15) is 4.79 Å². The quantitative estimate of drug-likeness (QED) is 0.704. The minimum absolute atomic E-state index is 0.0245. The Labute approximate surface area is 165 Å². The monoisotopic (exact) mass is 372 g/mol. The van der Waals surface area contributed by atoms with Crippen LogP contribution in [0.5, 0.6) is 0 Å². The standard InChI is InChI=1S/C23H24N4O/c1-18-21(16-24-22(25-18)20-10-6-3-7-11-20)23(28)27-14-12-26(13-15-27)17-19-8-4-2-5-9-19/h2-11,16H,12-15,17H2,1H3. The van der Waals surface area contributed by atoms with Crippen LogP contribution in [0.15, 0.2) is 66.9 Å². The lowest BCUT2D eigenvalue weighted by Gasteiger charge is -2.34. The first kappa shape index (κ1) is 18.3. The summed E-state index contributed by atoms with van der Waals surface area (Å²) in [5.74, 6) is 0.679. The first-order chi connectivity index (χ1) is 13.7. The molecule has 0 atom stereocenters. The number of amides is 1. The molecule has 28 heavy (non-hydrogen) atoms. The van der Waals surface area contributed by atoms with Crippen molar-refractivity contribution in [1.82, 2.24) is 19.8 Å². The second kappa shape index (κ2) is 8.31. The zero-order valence-corrected chi connectivity index (χ0v) is 16.1. The Kier molecular flexibility index (Phi) is 5.44. The lowest BCUT2D eigenvalue weighted by molar-refractivity contribution is 0.0627. The summed E-state index contributed by atoms with van der Waals surface area (Å²) in [4.78, 5) is 26.3. The van der Waals surface area contributed by atoms with Crippen molar-refractivity contribution in [2.24, 2.45) is 0 Å². The average molecular weight is 372 g/mol. The average Bonchev–Trinajstić information content (AvgIpc) is 2.75. The molecular weight excluding hydrogens is 348 g/mol. The maximum Gasteiger partial charge on any atom is 0.257 e. The fourth-order valence-corrected chi connectivity index (χ4v) is 3.52. The maximum absolute atomic E-state index is 13.0. The summed E-state index contributed by atoms with van der Waals surface area (Å²) in [5, 5.41) is 0. The molecular formula is C23H24N4O. The molecule has 0 aliphatic carbocycles. The van der Waals surface area contributed by atoms with E-state index in [0.29, 0.717) is 11.4 Å². The molecule has 0 N–H and O–H groups in total. The number of aryl methyl sites for hydroxylation is 1. The second-order valence-corrected chi connectivity index (χ2v) is 7.11. The van der Waals surface area contributed by atoms with E-state index in [1.165, 1.54) is 5.56 Å². The van der Waals surface area contributed by atoms with E-state index in [1.807, 2.05) is 48.2 Å². The highest BCUT2D eigenvalue weighted by molar-refractivity contribution is 5.95. The molecule has 1 amide bonds. The summed E-state index contributed by atoms with van der Waals surface area (Å²) in [6.45, 7) is 6.02. The van der Waals surface area contributed by atoms with Crippen LogP contribution in [0.1, 0.15) is 21.6 Å². The number of hydrogen-bond donors (Lipinski definition) is 0. The van der Waals surface area contributed by atoms with E-state index in [-0.39, 0.29) is 5.91 Å². The highest BCUT2D eigenvalue weighted by Crippen LogP contribution is 2.18. The molecule has 2 aromatic carbocycles. The molecule has 5 nitrogen and oxygen atoms in total. The Morgan fingerprint density at radius 1 is 0.929 bits per heavy atom. The van der Waals surface area contributed by atoms with Gasteiger partial charge in [0.15, 0.2) is 5.82 Å². The highest BCUT2D eigenvalue weighted by Gasteiger charge is 2.24. The van der Waals surface area contributed by atoms with Gasteiger partial charge in [-0.05, 0) is 12.5 Å². The molecule has 142 valence electrons. The molecule has 0 radical (unpaired) electrons. The van der Waals surface area contributed by atoms with Crippen LogP contribution in [-0.4, -0.2) is 51.9 Å². The van der Waals surface area contributed by atoms with E-state index < -0.39 is 0 Å². The summed E-state index contributed by atoms with van der Waals surface area (Å²) in [6.07, 6.45) is 1.67. The summed E-state index contributed by atoms with van der Waals surface area (Å²) >= 11 is 0. The molecule has 1 saturated heterocycles. The molecule has 1 fully saturated rings. The lowest BCUT2D eigenvalue weighted by Crippen LogP contribution is -2.48. The van der Waals surface area contributed by atoms with Crippen LogP contribution in [0, 0.1) is 6.92 Å². The van der Waals surface area contributed by atoms with Gasteiger partial charge in [-0.2, -0.15) is 0 Å². The van der Waals surface area contributed by atoms with Gasteiger partial charge in [0.1, 0.15) is 0 Å². The molecule has 1 aromatic heterocycles. The number of carbonyl (C=O) groups excluding carboxylic acids is 1. The van der Waals surface area contributed by atoms with Gasteiger partial charge in [0.2, 0.25) is 0 Å². The van der Waals surface area contributed by atoms with E-state index in [0.717, 1.165) is 44.0 Å². The molecule has 1 aliphatic rings. The fourth-order valence-electron chi connectivity index (χ4n) is 3.52. The molecule has 0 bridgehead atoms. The van der Waals surface area contributed by atoms with Gasteiger partial charge in [-0.3, -0.25) is 9.69 Å². The number of aromatic nitrogens is 2. The van der Waals surface area contributed by atoms with Crippen LogP contribution in [0.25, 0.3) is 11.4 Å². The van der Waals surface area contributed by atoms with Gasteiger partial charge in [0.25, 0.3) is 5.91 Å². The second-order valence-electron chi connectivity index (χ2n) is 7.11. The van der Waals surface area contributed by atoms with Crippen molar-refractivity contribution in [3.63, 3.8) is 0 Å². The zero-order valence-electron chi connectivity index (χ0n) is 16.1. The Bertz CT molecular complexity index is 935. The molecule has 5 heteroatoms. The number of nitrogens with zero attached hydrogens (tertiary/aromatic N) is 4. The van der Waals surface area contributed by atoms with Gasteiger partial charge in [-0.15, -0.1) is 0 Å². The van der Waals surface area contributed by atoms with Gasteiger partial charge in [0, 0.05) is 44.5 Å². The molecule has 1 aliphatic heterocycles. The summed E-state index contributed by atoms with van der Waals surface area (Å²) < 4.78 is 0. The fraction of sp³-hybridized carbons (Fsp3) is 0.261. The van der Waals surface area contributed by atoms with Crippen molar-refractivity contribution in [2.75, 3.05) is 26.2 Å². The molecule has 0 unspecified atom stereocenters. The van der Waals surface area contributed by atoms with Crippen molar-refractivity contribution >= 4 is 5.91 Å². The van der Waals surface area contributed by atoms with Gasteiger partial charge >= 0.3 is 0 Å². The zero-order chi connectivity index (χ0) is 19.3. The predicted octanol–water partition coefficient (Wildman–Crippen LogP) is 3.41.